The van der Waals surface area contributed by atoms with Crippen molar-refractivity contribution in [3.63, 3.8) is 0 Å². The molecule has 0 bridgehead atoms. The SMILES string of the molecule is Cc1ccc(S(=O)(=O)N(CC(=O)N(Cc2ccccc2)[C@@H](Cc2ccccc2)C(=O)NC(C)C)c2ccccc2)cc1. The second kappa shape index (κ2) is 14.0. The molecule has 0 heterocycles. The predicted molar refractivity (Wildman–Crippen MR) is 166 cm³/mol. The Morgan fingerprint density at radius 2 is 1.26 bits per heavy atom. The number of hydrogen-bond donors (Lipinski definition) is 1. The Hall–Kier alpha value is -4.43. The molecule has 0 aliphatic rings. The van der Waals surface area contributed by atoms with E-state index in [9.17, 15) is 18.0 Å². The zero-order valence-electron chi connectivity index (χ0n) is 24.2. The maximum Gasteiger partial charge on any atom is 0.264 e. The number of carbonyl (C=O) groups excluding carboxylic acids is 2. The zero-order valence-corrected chi connectivity index (χ0v) is 25.0. The number of rotatable bonds is 12. The summed E-state index contributed by atoms with van der Waals surface area (Å²) in [7, 11) is -4.11. The van der Waals surface area contributed by atoms with Gasteiger partial charge in [0.05, 0.1) is 10.6 Å². The number of aryl methyl sites for hydroxylation is 1. The summed E-state index contributed by atoms with van der Waals surface area (Å²) in [5.41, 5.74) is 3.00. The highest BCUT2D eigenvalue weighted by atomic mass is 32.2. The number of para-hydroxylation sites is 1. The van der Waals surface area contributed by atoms with Gasteiger partial charge in [-0.25, -0.2) is 8.42 Å². The van der Waals surface area contributed by atoms with Crippen LogP contribution in [0.4, 0.5) is 5.69 Å². The van der Waals surface area contributed by atoms with Gasteiger partial charge in [0.25, 0.3) is 10.0 Å². The molecule has 42 heavy (non-hydrogen) atoms. The van der Waals surface area contributed by atoms with E-state index in [0.29, 0.717) is 5.69 Å². The minimum Gasteiger partial charge on any atom is -0.352 e. The van der Waals surface area contributed by atoms with Crippen LogP contribution in [0.2, 0.25) is 0 Å². The van der Waals surface area contributed by atoms with E-state index in [0.717, 1.165) is 21.0 Å². The van der Waals surface area contributed by atoms with Crippen molar-refractivity contribution in [2.45, 2.75) is 50.7 Å². The van der Waals surface area contributed by atoms with Crippen LogP contribution in [0.1, 0.15) is 30.5 Å². The molecule has 4 aromatic rings. The molecule has 0 aliphatic carbocycles. The molecule has 0 aliphatic heterocycles. The minimum atomic E-state index is -4.11. The topological polar surface area (TPSA) is 86.8 Å². The number of carbonyl (C=O) groups is 2. The highest BCUT2D eigenvalue weighted by Crippen LogP contribution is 2.25. The molecule has 8 heteroatoms. The Bertz CT molecular complexity index is 1560. The Labute approximate surface area is 248 Å². The van der Waals surface area contributed by atoms with Crippen molar-refractivity contribution in [1.29, 1.82) is 0 Å². The second-order valence-corrected chi connectivity index (χ2v) is 12.4. The molecular formula is C34H37N3O4S. The number of nitrogens with zero attached hydrogens (tertiary/aromatic N) is 2. The molecule has 7 nitrogen and oxygen atoms in total. The van der Waals surface area contributed by atoms with Crippen LogP contribution in [0.15, 0.2) is 120 Å². The van der Waals surface area contributed by atoms with Crippen molar-refractivity contribution < 1.29 is 18.0 Å². The molecule has 0 saturated carbocycles. The number of anilines is 1. The van der Waals surface area contributed by atoms with Crippen LogP contribution in [-0.4, -0.2) is 43.8 Å². The molecule has 4 rings (SSSR count). The summed E-state index contributed by atoms with van der Waals surface area (Å²) in [4.78, 5) is 29.6. The largest absolute Gasteiger partial charge is 0.352 e. The van der Waals surface area contributed by atoms with Crippen molar-refractivity contribution in [2.24, 2.45) is 0 Å². The molecule has 0 radical (unpaired) electrons. The lowest BCUT2D eigenvalue weighted by molar-refractivity contribution is -0.140. The van der Waals surface area contributed by atoms with Crippen LogP contribution >= 0.6 is 0 Å². The van der Waals surface area contributed by atoms with Gasteiger partial charge in [-0.05, 0) is 56.2 Å². The van der Waals surface area contributed by atoms with E-state index in [4.69, 9.17) is 0 Å². The first-order chi connectivity index (χ1) is 20.1. The van der Waals surface area contributed by atoms with E-state index >= 15 is 0 Å². The van der Waals surface area contributed by atoms with Crippen LogP contribution in [-0.2, 0) is 32.6 Å². The summed E-state index contributed by atoms with van der Waals surface area (Å²) < 4.78 is 29.1. The highest BCUT2D eigenvalue weighted by Gasteiger charge is 2.34. The third kappa shape index (κ3) is 7.85. The standard InChI is InChI=1S/C34H37N3O4S/c1-26(2)35-34(39)32(23-28-13-7-4-8-14-28)36(24-29-15-9-5-10-16-29)33(38)25-37(30-17-11-6-12-18-30)42(40,41)31-21-19-27(3)20-22-31/h4-22,26,32H,23-25H2,1-3H3,(H,35,39)/t32-/m0/s1. The molecule has 0 aromatic heterocycles. The van der Waals surface area contributed by atoms with E-state index in [1.807, 2.05) is 81.4 Å². The van der Waals surface area contributed by atoms with Crippen molar-refractivity contribution in [3.8, 4) is 0 Å². The van der Waals surface area contributed by atoms with Crippen molar-refractivity contribution in [2.75, 3.05) is 10.8 Å². The third-order valence-electron chi connectivity index (χ3n) is 6.83. The van der Waals surface area contributed by atoms with Gasteiger partial charge in [0.15, 0.2) is 0 Å². The molecule has 218 valence electrons. The molecule has 4 aromatic carbocycles. The summed E-state index contributed by atoms with van der Waals surface area (Å²) in [5.74, 6) is -0.788. The summed E-state index contributed by atoms with van der Waals surface area (Å²) >= 11 is 0. The van der Waals surface area contributed by atoms with E-state index in [1.165, 1.54) is 4.90 Å². The normalized spacial score (nSPS) is 12.0. The maximum atomic E-state index is 14.3. The van der Waals surface area contributed by atoms with Crippen LogP contribution in [0.25, 0.3) is 0 Å². The molecule has 0 unspecified atom stereocenters. The molecule has 1 atom stereocenters. The molecule has 0 fully saturated rings. The molecule has 2 amide bonds. The van der Waals surface area contributed by atoms with E-state index in [2.05, 4.69) is 5.32 Å². The third-order valence-corrected chi connectivity index (χ3v) is 8.62. The Kier molecular flexibility index (Phi) is 10.1. The fraction of sp³-hybridized carbons (Fsp3) is 0.235. The zero-order chi connectivity index (χ0) is 30.1. The van der Waals surface area contributed by atoms with Crippen LogP contribution in [0.5, 0.6) is 0 Å². The monoisotopic (exact) mass is 583 g/mol. The number of hydrogen-bond acceptors (Lipinski definition) is 4. The van der Waals surface area contributed by atoms with Gasteiger partial charge < -0.3 is 10.2 Å². The van der Waals surface area contributed by atoms with Crippen molar-refractivity contribution in [1.82, 2.24) is 10.2 Å². The highest BCUT2D eigenvalue weighted by molar-refractivity contribution is 7.92. The van der Waals surface area contributed by atoms with Crippen LogP contribution < -0.4 is 9.62 Å². The van der Waals surface area contributed by atoms with Gasteiger partial charge in [0.2, 0.25) is 11.8 Å². The summed E-state index contributed by atoms with van der Waals surface area (Å²) in [6.07, 6.45) is 0.272. The van der Waals surface area contributed by atoms with Crippen molar-refractivity contribution in [3.05, 3.63) is 132 Å². The average Bonchev–Trinajstić information content (AvgIpc) is 2.99. The van der Waals surface area contributed by atoms with E-state index in [1.54, 1.807) is 54.6 Å². The molecule has 1 N–H and O–H groups in total. The summed E-state index contributed by atoms with van der Waals surface area (Å²) in [5, 5.41) is 2.97. The lowest BCUT2D eigenvalue weighted by Crippen LogP contribution is -2.54. The summed E-state index contributed by atoms with van der Waals surface area (Å²) in [6, 6.07) is 33.0. The van der Waals surface area contributed by atoms with Crippen molar-refractivity contribution >= 4 is 27.5 Å². The number of sulfonamides is 1. The smallest absolute Gasteiger partial charge is 0.264 e. The minimum absolute atomic E-state index is 0.0812. The van der Waals surface area contributed by atoms with Gasteiger partial charge in [-0.1, -0.05) is 96.6 Å². The quantitative estimate of drug-likeness (QED) is 0.244. The van der Waals surface area contributed by atoms with E-state index < -0.39 is 28.5 Å². The van der Waals surface area contributed by atoms with Gasteiger partial charge >= 0.3 is 0 Å². The first-order valence-electron chi connectivity index (χ1n) is 14.0. The number of nitrogens with one attached hydrogen (secondary N) is 1. The van der Waals surface area contributed by atoms with Gasteiger partial charge in [-0.15, -0.1) is 0 Å². The first-order valence-corrected chi connectivity index (χ1v) is 15.4. The lowest BCUT2D eigenvalue weighted by Gasteiger charge is -2.34. The van der Waals surface area contributed by atoms with Gasteiger partial charge in [-0.2, -0.15) is 0 Å². The van der Waals surface area contributed by atoms with Gasteiger partial charge in [0, 0.05) is 19.0 Å². The molecule has 0 spiro atoms. The Morgan fingerprint density at radius 1 is 0.738 bits per heavy atom. The second-order valence-electron chi connectivity index (χ2n) is 10.5. The molecular weight excluding hydrogens is 546 g/mol. The predicted octanol–water partition coefficient (Wildman–Crippen LogP) is 5.36. The van der Waals surface area contributed by atoms with E-state index in [-0.39, 0.29) is 29.8 Å². The average molecular weight is 584 g/mol. The van der Waals surface area contributed by atoms with Crippen LogP contribution in [0.3, 0.4) is 0 Å². The first kappa shape index (κ1) is 30.5. The maximum absolute atomic E-state index is 14.3. The summed E-state index contributed by atoms with van der Waals surface area (Å²) in [6.45, 7) is 5.27. The Balaban J connectivity index is 1.77. The number of benzene rings is 4. The van der Waals surface area contributed by atoms with Crippen LogP contribution in [0, 0.1) is 6.92 Å². The lowest BCUT2D eigenvalue weighted by atomic mass is 10.0. The fourth-order valence-corrected chi connectivity index (χ4v) is 6.09. The molecule has 0 saturated heterocycles. The number of amides is 2. The van der Waals surface area contributed by atoms with Gasteiger partial charge in [0.1, 0.15) is 12.6 Å². The fourth-order valence-electron chi connectivity index (χ4n) is 4.68. The van der Waals surface area contributed by atoms with Gasteiger partial charge in [-0.3, -0.25) is 13.9 Å². The Morgan fingerprint density at radius 3 is 1.81 bits per heavy atom.